The fourth-order valence-electron chi connectivity index (χ4n) is 1.17. The summed E-state index contributed by atoms with van der Waals surface area (Å²) in [5.74, 6) is 0. The van der Waals surface area contributed by atoms with Gasteiger partial charge in [-0.25, -0.2) is 0 Å². The Morgan fingerprint density at radius 2 is 1.64 bits per heavy atom. The van der Waals surface area contributed by atoms with Gasteiger partial charge in [-0.2, -0.15) is 0 Å². The molecule has 0 aromatic heterocycles. The van der Waals surface area contributed by atoms with E-state index in [1.165, 1.54) is 44.9 Å². The Hall–Kier alpha value is -0.0400. The molecule has 0 aliphatic carbocycles. The maximum absolute atomic E-state index is 3.04. The van der Waals surface area contributed by atoms with Gasteiger partial charge >= 0.3 is 0 Å². The van der Waals surface area contributed by atoms with Crippen LogP contribution in [0.3, 0.4) is 0 Å². The first-order valence-electron chi connectivity index (χ1n) is 4.90. The number of nitrogens with one attached hydrogen (secondary N) is 1. The van der Waals surface area contributed by atoms with Crippen molar-refractivity contribution in [1.82, 2.24) is 5.32 Å². The zero-order valence-electron chi connectivity index (χ0n) is 8.03. The third kappa shape index (κ3) is 9.96. The predicted molar refractivity (Wildman–Crippen MR) is 51.4 cm³/mol. The van der Waals surface area contributed by atoms with Gasteiger partial charge in [-0.15, -0.1) is 0 Å². The van der Waals surface area contributed by atoms with Crippen molar-refractivity contribution in [2.75, 3.05) is 7.05 Å². The van der Waals surface area contributed by atoms with Gasteiger partial charge in [0.2, 0.25) is 0 Å². The highest BCUT2D eigenvalue weighted by Gasteiger charge is 1.88. The van der Waals surface area contributed by atoms with Gasteiger partial charge in [-0.05, 0) is 13.5 Å². The minimum Gasteiger partial charge on any atom is -0.315 e. The summed E-state index contributed by atoms with van der Waals surface area (Å²) in [5, 5.41) is 3.04. The number of hydrogen-bond donors (Lipinski definition) is 1. The summed E-state index contributed by atoms with van der Waals surface area (Å²) in [5.41, 5.74) is 0. The lowest BCUT2D eigenvalue weighted by atomic mass is 10.1. The molecule has 0 aliphatic heterocycles. The van der Waals surface area contributed by atoms with Crippen molar-refractivity contribution in [1.29, 1.82) is 0 Å². The third-order valence-corrected chi connectivity index (χ3v) is 1.91. The van der Waals surface area contributed by atoms with E-state index in [1.807, 2.05) is 7.05 Å². The first-order valence-corrected chi connectivity index (χ1v) is 4.90. The Morgan fingerprint density at radius 3 is 2.27 bits per heavy atom. The second-order valence-electron chi connectivity index (χ2n) is 3.05. The molecular formula is C10H22N. The van der Waals surface area contributed by atoms with E-state index in [0.29, 0.717) is 0 Å². The van der Waals surface area contributed by atoms with E-state index in [0.717, 1.165) is 0 Å². The topological polar surface area (TPSA) is 12.0 Å². The van der Waals surface area contributed by atoms with Crippen molar-refractivity contribution >= 4 is 0 Å². The van der Waals surface area contributed by atoms with E-state index in [4.69, 9.17) is 0 Å². The largest absolute Gasteiger partial charge is 0.315 e. The summed E-state index contributed by atoms with van der Waals surface area (Å²) in [6, 6.07) is 0. The van der Waals surface area contributed by atoms with Crippen molar-refractivity contribution in [2.45, 2.75) is 51.9 Å². The fourth-order valence-corrected chi connectivity index (χ4v) is 1.17. The molecule has 0 spiro atoms. The Kier molecular flexibility index (Phi) is 9.92. The average Bonchev–Trinajstić information content (AvgIpc) is 2.03. The summed E-state index contributed by atoms with van der Waals surface area (Å²) < 4.78 is 0. The standard InChI is InChI=1S/C10H22N/c1-3-4-5-6-7-8-9-10-11-2/h10-11H,3-9H2,1-2H3. The van der Waals surface area contributed by atoms with Crippen molar-refractivity contribution in [2.24, 2.45) is 0 Å². The molecule has 0 saturated heterocycles. The lowest BCUT2D eigenvalue weighted by molar-refractivity contribution is 0.598. The first-order chi connectivity index (χ1) is 5.41. The van der Waals surface area contributed by atoms with Crippen LogP contribution in [0.5, 0.6) is 0 Å². The highest BCUT2D eigenvalue weighted by molar-refractivity contribution is 4.57. The van der Waals surface area contributed by atoms with Gasteiger partial charge in [-0.3, -0.25) is 0 Å². The molecule has 0 aromatic rings. The molecule has 0 heterocycles. The van der Waals surface area contributed by atoms with Gasteiger partial charge < -0.3 is 5.32 Å². The molecule has 11 heavy (non-hydrogen) atoms. The van der Waals surface area contributed by atoms with Crippen molar-refractivity contribution in [3.63, 3.8) is 0 Å². The van der Waals surface area contributed by atoms with Crippen LogP contribution in [0.25, 0.3) is 0 Å². The number of rotatable bonds is 8. The smallest absolute Gasteiger partial charge is 0.0218 e. The summed E-state index contributed by atoms with van der Waals surface area (Å²) >= 11 is 0. The van der Waals surface area contributed by atoms with E-state index in [9.17, 15) is 0 Å². The molecule has 0 aromatic carbocycles. The quantitative estimate of drug-likeness (QED) is 0.532. The molecule has 0 rings (SSSR count). The molecule has 0 atom stereocenters. The van der Waals surface area contributed by atoms with Gasteiger partial charge in [0.25, 0.3) is 0 Å². The minimum atomic E-state index is 1.22. The SMILES string of the molecule is CCCCCCCC[CH]NC. The van der Waals surface area contributed by atoms with E-state index < -0.39 is 0 Å². The molecule has 1 heteroatoms. The molecule has 0 fully saturated rings. The van der Waals surface area contributed by atoms with Gasteiger partial charge in [0.15, 0.2) is 0 Å². The Morgan fingerprint density at radius 1 is 1.00 bits per heavy atom. The van der Waals surface area contributed by atoms with Crippen molar-refractivity contribution in [3.8, 4) is 0 Å². The van der Waals surface area contributed by atoms with Crippen molar-refractivity contribution < 1.29 is 0 Å². The zero-order chi connectivity index (χ0) is 8.36. The highest BCUT2D eigenvalue weighted by Crippen LogP contribution is 2.06. The van der Waals surface area contributed by atoms with Crippen LogP contribution < -0.4 is 5.32 Å². The van der Waals surface area contributed by atoms with Crippen LogP contribution in [0.15, 0.2) is 0 Å². The molecule has 0 bridgehead atoms. The monoisotopic (exact) mass is 156 g/mol. The maximum Gasteiger partial charge on any atom is 0.0218 e. The van der Waals surface area contributed by atoms with E-state index >= 15 is 0 Å². The van der Waals surface area contributed by atoms with Gasteiger partial charge in [0.05, 0.1) is 0 Å². The number of unbranched alkanes of at least 4 members (excludes halogenated alkanes) is 6. The molecule has 0 saturated carbocycles. The Balaban J connectivity index is 2.69. The van der Waals surface area contributed by atoms with Crippen LogP contribution in [0.4, 0.5) is 0 Å². The summed E-state index contributed by atoms with van der Waals surface area (Å²) in [6.07, 6.45) is 9.59. The molecule has 67 valence electrons. The van der Waals surface area contributed by atoms with Crippen LogP contribution in [-0.4, -0.2) is 7.05 Å². The van der Waals surface area contributed by atoms with Crippen LogP contribution >= 0.6 is 0 Å². The second-order valence-corrected chi connectivity index (χ2v) is 3.05. The van der Waals surface area contributed by atoms with Crippen LogP contribution in [0.2, 0.25) is 0 Å². The zero-order valence-corrected chi connectivity index (χ0v) is 8.03. The molecule has 1 N–H and O–H groups in total. The highest BCUT2D eigenvalue weighted by atomic mass is 14.8. The summed E-state index contributed by atoms with van der Waals surface area (Å²) in [6.45, 7) is 4.40. The van der Waals surface area contributed by atoms with Gasteiger partial charge in [0.1, 0.15) is 0 Å². The molecule has 0 unspecified atom stereocenters. The Bertz CT molecular complexity index is 53.9. The van der Waals surface area contributed by atoms with E-state index in [-0.39, 0.29) is 0 Å². The molecular weight excluding hydrogens is 134 g/mol. The summed E-state index contributed by atoms with van der Waals surface area (Å²) in [7, 11) is 1.97. The normalized spacial score (nSPS) is 10.4. The first kappa shape index (κ1) is 11.0. The molecule has 0 aliphatic rings. The third-order valence-electron chi connectivity index (χ3n) is 1.91. The lowest BCUT2D eigenvalue weighted by Gasteiger charge is -1.99. The Labute approximate surface area is 71.6 Å². The van der Waals surface area contributed by atoms with E-state index in [1.54, 1.807) is 0 Å². The van der Waals surface area contributed by atoms with Gasteiger partial charge in [-0.1, -0.05) is 45.4 Å². The summed E-state index contributed by atoms with van der Waals surface area (Å²) in [4.78, 5) is 0. The van der Waals surface area contributed by atoms with Crippen LogP contribution in [-0.2, 0) is 0 Å². The average molecular weight is 156 g/mol. The van der Waals surface area contributed by atoms with Crippen LogP contribution in [0, 0.1) is 6.54 Å². The van der Waals surface area contributed by atoms with Crippen molar-refractivity contribution in [3.05, 3.63) is 6.54 Å². The van der Waals surface area contributed by atoms with Gasteiger partial charge in [0, 0.05) is 6.54 Å². The lowest BCUT2D eigenvalue weighted by Crippen LogP contribution is -1.99. The minimum absolute atomic E-state index is 1.22. The predicted octanol–water partition coefficient (Wildman–Crippen LogP) is 3.12. The molecule has 1 nitrogen and oxygen atoms in total. The maximum atomic E-state index is 3.04. The second kappa shape index (κ2) is 9.96. The van der Waals surface area contributed by atoms with Crippen LogP contribution in [0.1, 0.15) is 51.9 Å². The fraction of sp³-hybridized carbons (Fsp3) is 0.900. The van der Waals surface area contributed by atoms with E-state index in [2.05, 4.69) is 18.8 Å². The molecule has 1 radical (unpaired) electrons. The molecule has 0 amide bonds. The number of hydrogen-bond acceptors (Lipinski definition) is 1.